The first-order valence-corrected chi connectivity index (χ1v) is 6.05. The van der Waals surface area contributed by atoms with Crippen molar-refractivity contribution in [3.63, 3.8) is 0 Å². The Labute approximate surface area is 97.8 Å². The molecule has 2 N–H and O–H groups in total. The average molecular weight is 245 g/mol. The van der Waals surface area contributed by atoms with E-state index in [9.17, 15) is 4.79 Å². The highest BCUT2D eigenvalue weighted by Gasteiger charge is 2.04. The average Bonchev–Trinajstić information content (AvgIpc) is 2.73. The van der Waals surface area contributed by atoms with Gasteiger partial charge in [0.1, 0.15) is 6.61 Å². The lowest BCUT2D eigenvalue weighted by Crippen LogP contribution is -2.03. The van der Waals surface area contributed by atoms with Crippen molar-refractivity contribution in [2.24, 2.45) is 0 Å². The van der Waals surface area contributed by atoms with E-state index < -0.39 is 0 Å². The molecule has 0 aliphatic rings. The molecule has 1 aromatic rings. The number of H-pyrrole nitrogens is 1. The number of nitrogens with one attached hydrogen (secondary N) is 1. The molecule has 0 atom stereocenters. The normalized spacial score (nSPS) is 10.4. The number of aliphatic hydroxyl groups excluding tert-OH is 1. The number of nitrogens with zero attached hydrogens (tertiary/aromatic N) is 2. The number of esters is 1. The molecule has 0 unspecified atom stereocenters. The minimum atomic E-state index is -0.172. The lowest BCUT2D eigenvalue weighted by atomic mass is 10.3. The zero-order chi connectivity index (χ0) is 11.8. The van der Waals surface area contributed by atoms with Crippen molar-refractivity contribution >= 4 is 17.7 Å². The summed E-state index contributed by atoms with van der Waals surface area (Å²) in [5.74, 6) is 1.03. The molecular formula is C9H15N3O3S. The van der Waals surface area contributed by atoms with Crippen LogP contribution in [0, 0.1) is 0 Å². The fourth-order valence-electron chi connectivity index (χ4n) is 1.03. The van der Waals surface area contributed by atoms with Gasteiger partial charge in [0.15, 0.2) is 5.82 Å². The summed E-state index contributed by atoms with van der Waals surface area (Å²) in [5.41, 5.74) is 0. The van der Waals surface area contributed by atoms with Gasteiger partial charge in [-0.25, -0.2) is 4.98 Å². The molecule has 90 valence electrons. The molecule has 0 spiro atoms. The lowest BCUT2D eigenvalue weighted by Gasteiger charge is -1.99. The maximum atomic E-state index is 11.0. The SMILES string of the molecule is CCOC(=O)CCCSc1n[nH]c(CO)n1. The van der Waals surface area contributed by atoms with Gasteiger partial charge in [-0.05, 0) is 13.3 Å². The summed E-state index contributed by atoms with van der Waals surface area (Å²) in [7, 11) is 0. The van der Waals surface area contributed by atoms with Crippen molar-refractivity contribution in [3.8, 4) is 0 Å². The van der Waals surface area contributed by atoms with Gasteiger partial charge in [-0.15, -0.1) is 5.10 Å². The highest BCUT2D eigenvalue weighted by molar-refractivity contribution is 7.99. The maximum absolute atomic E-state index is 11.0. The van der Waals surface area contributed by atoms with E-state index in [1.54, 1.807) is 6.92 Å². The zero-order valence-corrected chi connectivity index (χ0v) is 9.92. The van der Waals surface area contributed by atoms with Crippen LogP contribution in [0.3, 0.4) is 0 Å². The smallest absolute Gasteiger partial charge is 0.305 e. The molecule has 1 aromatic heterocycles. The molecule has 0 saturated heterocycles. The summed E-state index contributed by atoms with van der Waals surface area (Å²) >= 11 is 1.44. The summed E-state index contributed by atoms with van der Waals surface area (Å²) in [6, 6.07) is 0. The number of thioether (sulfide) groups is 1. The summed E-state index contributed by atoms with van der Waals surface area (Å²) in [4.78, 5) is 15.0. The van der Waals surface area contributed by atoms with Crippen molar-refractivity contribution in [2.45, 2.75) is 31.5 Å². The topological polar surface area (TPSA) is 88.1 Å². The molecule has 0 aliphatic heterocycles. The zero-order valence-electron chi connectivity index (χ0n) is 9.10. The Morgan fingerprint density at radius 2 is 2.44 bits per heavy atom. The van der Waals surface area contributed by atoms with Crippen LogP contribution < -0.4 is 0 Å². The Balaban J connectivity index is 2.13. The van der Waals surface area contributed by atoms with Gasteiger partial charge < -0.3 is 9.84 Å². The number of hydrogen-bond acceptors (Lipinski definition) is 6. The van der Waals surface area contributed by atoms with Crippen LogP contribution in [0.4, 0.5) is 0 Å². The molecule has 1 rings (SSSR count). The van der Waals surface area contributed by atoms with Gasteiger partial charge in [0, 0.05) is 12.2 Å². The molecule has 7 heteroatoms. The minimum absolute atomic E-state index is 0.142. The van der Waals surface area contributed by atoms with Gasteiger partial charge in [-0.1, -0.05) is 11.8 Å². The van der Waals surface area contributed by atoms with E-state index in [0.717, 1.165) is 12.2 Å². The fourth-order valence-corrected chi connectivity index (χ4v) is 1.78. The van der Waals surface area contributed by atoms with Gasteiger partial charge in [0.05, 0.1) is 6.61 Å². The molecule has 0 amide bonds. The summed E-state index contributed by atoms with van der Waals surface area (Å²) in [6.45, 7) is 2.07. The summed E-state index contributed by atoms with van der Waals surface area (Å²) < 4.78 is 4.80. The number of aromatic amines is 1. The summed E-state index contributed by atoms with van der Waals surface area (Å²) in [5, 5.41) is 15.8. The predicted molar refractivity (Wildman–Crippen MR) is 58.9 cm³/mol. The van der Waals surface area contributed by atoms with Crippen molar-refractivity contribution in [1.82, 2.24) is 15.2 Å². The van der Waals surface area contributed by atoms with Crippen LogP contribution in [0.5, 0.6) is 0 Å². The van der Waals surface area contributed by atoms with Crippen molar-refractivity contribution in [3.05, 3.63) is 5.82 Å². The van der Waals surface area contributed by atoms with E-state index in [4.69, 9.17) is 9.84 Å². The van der Waals surface area contributed by atoms with Crippen LogP contribution in [0.1, 0.15) is 25.6 Å². The number of hydrogen-bond donors (Lipinski definition) is 2. The highest BCUT2D eigenvalue weighted by atomic mass is 32.2. The molecule has 0 aliphatic carbocycles. The Kier molecular flexibility index (Phi) is 5.87. The summed E-state index contributed by atoms with van der Waals surface area (Å²) in [6.07, 6.45) is 1.14. The number of carbonyl (C=O) groups excluding carboxylic acids is 1. The molecule has 1 heterocycles. The van der Waals surface area contributed by atoms with Crippen molar-refractivity contribution in [1.29, 1.82) is 0 Å². The van der Waals surface area contributed by atoms with E-state index in [0.29, 0.717) is 24.0 Å². The number of ether oxygens (including phenoxy) is 1. The van der Waals surface area contributed by atoms with Gasteiger partial charge in [0.25, 0.3) is 0 Å². The second-order valence-corrected chi connectivity index (χ2v) is 4.04. The minimum Gasteiger partial charge on any atom is -0.466 e. The van der Waals surface area contributed by atoms with Crippen LogP contribution in [0.2, 0.25) is 0 Å². The van der Waals surface area contributed by atoms with Crippen LogP contribution in [-0.2, 0) is 16.1 Å². The second kappa shape index (κ2) is 7.24. The van der Waals surface area contributed by atoms with E-state index in [2.05, 4.69) is 15.2 Å². The molecule has 0 bridgehead atoms. The molecule has 16 heavy (non-hydrogen) atoms. The first-order chi connectivity index (χ1) is 7.76. The molecule has 0 fully saturated rings. The maximum Gasteiger partial charge on any atom is 0.305 e. The van der Waals surface area contributed by atoms with Gasteiger partial charge >= 0.3 is 5.97 Å². The standard InChI is InChI=1S/C9H15N3O3S/c1-2-15-8(14)4-3-5-16-9-10-7(6-13)11-12-9/h13H,2-6H2,1H3,(H,10,11,12). The quantitative estimate of drug-likeness (QED) is 0.418. The first kappa shape index (κ1) is 13.0. The van der Waals surface area contributed by atoms with E-state index >= 15 is 0 Å². The van der Waals surface area contributed by atoms with Gasteiger partial charge in [-0.2, -0.15) is 0 Å². The van der Waals surface area contributed by atoms with Crippen LogP contribution in [0.15, 0.2) is 5.16 Å². The Hall–Kier alpha value is -1.08. The Morgan fingerprint density at radius 3 is 3.06 bits per heavy atom. The van der Waals surface area contributed by atoms with Crippen molar-refractivity contribution < 1.29 is 14.6 Å². The lowest BCUT2D eigenvalue weighted by molar-refractivity contribution is -0.143. The Morgan fingerprint density at radius 1 is 1.62 bits per heavy atom. The van der Waals surface area contributed by atoms with Gasteiger partial charge in [0.2, 0.25) is 5.16 Å². The first-order valence-electron chi connectivity index (χ1n) is 5.06. The van der Waals surface area contributed by atoms with Crippen LogP contribution in [0.25, 0.3) is 0 Å². The number of aromatic nitrogens is 3. The Bertz CT molecular complexity index is 330. The molecule has 6 nitrogen and oxygen atoms in total. The third kappa shape index (κ3) is 4.63. The molecule has 0 saturated carbocycles. The van der Waals surface area contributed by atoms with Crippen molar-refractivity contribution in [2.75, 3.05) is 12.4 Å². The van der Waals surface area contributed by atoms with E-state index in [1.165, 1.54) is 11.8 Å². The third-order valence-corrected chi connectivity index (χ3v) is 2.66. The predicted octanol–water partition coefficient (Wildman–Crippen LogP) is 0.732. The van der Waals surface area contributed by atoms with E-state index in [1.807, 2.05) is 0 Å². The fraction of sp³-hybridized carbons (Fsp3) is 0.667. The number of rotatable bonds is 7. The monoisotopic (exact) mass is 245 g/mol. The van der Waals surface area contributed by atoms with Crippen LogP contribution >= 0.6 is 11.8 Å². The van der Waals surface area contributed by atoms with E-state index in [-0.39, 0.29) is 12.6 Å². The molecular weight excluding hydrogens is 230 g/mol. The molecule has 0 aromatic carbocycles. The number of aliphatic hydroxyl groups is 1. The second-order valence-electron chi connectivity index (χ2n) is 2.98. The number of carbonyl (C=O) groups is 1. The largest absolute Gasteiger partial charge is 0.466 e. The highest BCUT2D eigenvalue weighted by Crippen LogP contribution is 2.14. The molecule has 0 radical (unpaired) electrons. The van der Waals surface area contributed by atoms with Gasteiger partial charge in [-0.3, -0.25) is 9.89 Å². The third-order valence-electron chi connectivity index (χ3n) is 1.72. The van der Waals surface area contributed by atoms with Crippen LogP contribution in [-0.4, -0.2) is 38.6 Å².